The molecule has 53 heavy (non-hydrogen) atoms. The van der Waals surface area contributed by atoms with Crippen LogP contribution in [-0.4, -0.2) is 62.9 Å². The van der Waals surface area contributed by atoms with Gasteiger partial charge in [-0.15, -0.1) is 0 Å². The number of rotatable bonds is 11. The Labute approximate surface area is 326 Å². The number of hydrogen-bond acceptors (Lipinski definition) is 8. The second kappa shape index (κ2) is 15.7. The topological polar surface area (TPSA) is 73.8 Å². The molecule has 7 nitrogen and oxygen atoms in total. The average Bonchev–Trinajstić information content (AvgIpc) is 3.25. The summed E-state index contributed by atoms with van der Waals surface area (Å²) in [5.74, 6) is 3.58. The van der Waals surface area contributed by atoms with Crippen LogP contribution >= 0.6 is 23.4 Å². The van der Waals surface area contributed by atoms with Crippen molar-refractivity contribution in [1.82, 2.24) is 9.97 Å². The number of benzene rings is 2. The van der Waals surface area contributed by atoms with Crippen molar-refractivity contribution in [2.24, 2.45) is 23.7 Å². The number of carbonyl (C=O) groups is 1. The normalized spacial score (nSPS) is 26.1. The number of ether oxygens (including phenoxy) is 2. The molecule has 0 radical (unpaired) electrons. The molecule has 1 aliphatic heterocycles. The number of esters is 1. The van der Waals surface area contributed by atoms with E-state index in [9.17, 15) is 4.79 Å². The number of aryl methyl sites for hydroxylation is 1. The van der Waals surface area contributed by atoms with Crippen molar-refractivity contribution in [3.05, 3.63) is 88.7 Å². The number of anilines is 1. The summed E-state index contributed by atoms with van der Waals surface area (Å²) < 4.78 is 19.2. The minimum absolute atomic E-state index is 0.0663. The van der Waals surface area contributed by atoms with Crippen LogP contribution in [0.2, 0.25) is 23.2 Å². The van der Waals surface area contributed by atoms with Gasteiger partial charge in [0.25, 0.3) is 0 Å². The summed E-state index contributed by atoms with van der Waals surface area (Å²) >= 11 is 8.29. The lowest BCUT2D eigenvalue weighted by Crippen LogP contribution is -2.52. The van der Waals surface area contributed by atoms with E-state index in [1.165, 1.54) is 31.1 Å². The van der Waals surface area contributed by atoms with Crippen LogP contribution in [0.4, 0.5) is 5.69 Å². The number of hydrogen-bond donors (Lipinski definition) is 0. The summed E-state index contributed by atoms with van der Waals surface area (Å²) in [7, 11) is -0.626. The molecule has 7 rings (SSSR count). The molecule has 1 spiro atoms. The van der Waals surface area contributed by atoms with E-state index in [1.807, 2.05) is 42.7 Å². The zero-order chi connectivity index (χ0) is 37.4. The standard InChI is InChI=1S/C43H56ClN3O4SSi/c1-42(2,3)53(5,6)51-38(18-13-29-10-11-33(29)26-52-41-45-21-8-22-46-41)35-16-12-32(35)25-47-27-43(20-7-9-30-23-34(44)15-17-36(30)43)28-50-39-19-14-31(24-37(39)47)40(48)49-4/h8,13-15,17-19,21-24,29,32-33,35,38H,7,9-12,16,20,25-28H2,1-6H3/b18-13+/t29-,32-,33-,35+,38-,43?/m0/s1. The van der Waals surface area contributed by atoms with Crippen LogP contribution in [0.15, 0.2) is 72.2 Å². The van der Waals surface area contributed by atoms with E-state index in [-0.39, 0.29) is 22.5 Å². The van der Waals surface area contributed by atoms with Gasteiger partial charge in [0.1, 0.15) is 5.75 Å². The molecular formula is C43H56ClN3O4SSi. The van der Waals surface area contributed by atoms with Crippen LogP contribution in [0.25, 0.3) is 0 Å². The van der Waals surface area contributed by atoms with Crippen molar-refractivity contribution < 1.29 is 18.7 Å². The molecule has 4 aliphatic rings. The van der Waals surface area contributed by atoms with Gasteiger partial charge in [0.2, 0.25) is 0 Å². The molecule has 2 aromatic carbocycles. The minimum Gasteiger partial charge on any atom is -0.490 e. The largest absolute Gasteiger partial charge is 0.490 e. The quantitative estimate of drug-likeness (QED) is 0.0627. The maximum Gasteiger partial charge on any atom is 0.337 e. The highest BCUT2D eigenvalue weighted by molar-refractivity contribution is 7.99. The number of allylic oxidation sites excluding steroid dienone is 1. The summed E-state index contributed by atoms with van der Waals surface area (Å²) in [5.41, 5.74) is 4.02. The van der Waals surface area contributed by atoms with Gasteiger partial charge in [-0.2, -0.15) is 0 Å². The Morgan fingerprint density at radius 3 is 2.60 bits per heavy atom. The first-order valence-electron chi connectivity index (χ1n) is 19.5. The second-order valence-electron chi connectivity index (χ2n) is 17.4. The molecule has 2 saturated carbocycles. The van der Waals surface area contributed by atoms with E-state index in [1.54, 1.807) is 11.8 Å². The fourth-order valence-electron chi connectivity index (χ4n) is 8.53. The van der Waals surface area contributed by atoms with Crippen molar-refractivity contribution in [3.8, 4) is 5.75 Å². The van der Waals surface area contributed by atoms with Crippen molar-refractivity contribution >= 4 is 43.3 Å². The monoisotopic (exact) mass is 773 g/mol. The lowest BCUT2D eigenvalue weighted by atomic mass is 9.68. The molecular weight excluding hydrogens is 718 g/mol. The molecule has 3 aliphatic carbocycles. The summed E-state index contributed by atoms with van der Waals surface area (Å²) in [5, 5.41) is 1.76. The highest BCUT2D eigenvalue weighted by Gasteiger charge is 2.47. The van der Waals surface area contributed by atoms with E-state index < -0.39 is 8.32 Å². The molecule has 2 heterocycles. The third-order valence-corrected chi connectivity index (χ3v) is 18.8. The van der Waals surface area contributed by atoms with Crippen molar-refractivity contribution in [3.63, 3.8) is 0 Å². The van der Waals surface area contributed by atoms with E-state index in [4.69, 9.17) is 25.5 Å². The zero-order valence-corrected chi connectivity index (χ0v) is 34.8. The fraction of sp³-hybridized carbons (Fsp3) is 0.558. The summed E-state index contributed by atoms with van der Waals surface area (Å²) in [6, 6.07) is 14.1. The first kappa shape index (κ1) is 38.4. The smallest absolute Gasteiger partial charge is 0.337 e. The third-order valence-electron chi connectivity index (χ3n) is 13.0. The van der Waals surface area contributed by atoms with Crippen LogP contribution < -0.4 is 9.64 Å². The Morgan fingerprint density at radius 1 is 1.11 bits per heavy atom. The maximum atomic E-state index is 12.8. The maximum absolute atomic E-state index is 12.8. The lowest BCUT2D eigenvalue weighted by molar-refractivity contribution is 0.0519. The summed E-state index contributed by atoms with van der Waals surface area (Å²) in [4.78, 5) is 24.2. The van der Waals surface area contributed by atoms with Crippen LogP contribution in [0.3, 0.4) is 0 Å². The molecule has 1 unspecified atom stereocenters. The van der Waals surface area contributed by atoms with Gasteiger partial charge >= 0.3 is 5.97 Å². The first-order chi connectivity index (χ1) is 25.4. The van der Waals surface area contributed by atoms with Crippen LogP contribution in [0.1, 0.15) is 80.8 Å². The number of carbonyl (C=O) groups excluding carboxylic acids is 1. The number of thioether (sulfide) groups is 1. The Morgan fingerprint density at radius 2 is 1.91 bits per heavy atom. The molecule has 10 heteroatoms. The lowest BCUT2D eigenvalue weighted by Gasteiger charge is -2.48. The number of methoxy groups -OCH3 is 1. The van der Waals surface area contributed by atoms with Gasteiger partial charge in [-0.1, -0.05) is 62.4 Å². The summed E-state index contributed by atoms with van der Waals surface area (Å²) in [6.07, 6.45) is 16.6. The highest BCUT2D eigenvalue weighted by atomic mass is 35.5. The van der Waals surface area contributed by atoms with Gasteiger partial charge < -0.3 is 18.8 Å². The molecule has 0 bridgehead atoms. The fourth-order valence-corrected chi connectivity index (χ4v) is 11.1. The third kappa shape index (κ3) is 8.24. The highest BCUT2D eigenvalue weighted by Crippen LogP contribution is 2.49. The predicted octanol–water partition coefficient (Wildman–Crippen LogP) is 10.2. The van der Waals surface area contributed by atoms with E-state index in [0.717, 1.165) is 72.6 Å². The van der Waals surface area contributed by atoms with Crippen LogP contribution in [-0.2, 0) is 21.0 Å². The van der Waals surface area contributed by atoms with Gasteiger partial charge in [-0.3, -0.25) is 0 Å². The molecule has 6 atom stereocenters. The Balaban J connectivity index is 1.16. The second-order valence-corrected chi connectivity index (χ2v) is 23.5. The molecule has 2 fully saturated rings. The van der Waals surface area contributed by atoms with Crippen LogP contribution in [0, 0.1) is 23.7 Å². The van der Waals surface area contributed by atoms with Gasteiger partial charge in [0.15, 0.2) is 13.5 Å². The van der Waals surface area contributed by atoms with Crippen molar-refractivity contribution in [1.29, 1.82) is 0 Å². The molecule has 0 amide bonds. The molecule has 0 saturated heterocycles. The first-order valence-corrected chi connectivity index (χ1v) is 23.8. The SMILES string of the molecule is COC(=O)c1ccc2c(c1)N(C[C@@H]1CC[C@H]1[C@H](/C=C/[C@@H]1CC[C@H]1CSc1ncccn1)O[Si](C)(C)C(C)(C)C)CC1(CCCc3cc(Cl)ccc31)CO2. The molecule has 1 aromatic heterocycles. The minimum atomic E-state index is -2.07. The molecule has 3 aromatic rings. The van der Waals surface area contributed by atoms with Gasteiger partial charge in [0.05, 0.1) is 31.1 Å². The number of nitrogens with zero attached hydrogens (tertiary/aromatic N) is 3. The Bertz CT molecular complexity index is 1800. The number of aromatic nitrogens is 2. The van der Waals surface area contributed by atoms with E-state index in [2.05, 4.69) is 73.0 Å². The zero-order valence-electron chi connectivity index (χ0n) is 32.3. The van der Waals surface area contributed by atoms with Gasteiger partial charge in [-0.05, 0) is 134 Å². The molecule has 0 N–H and O–H groups in total. The van der Waals surface area contributed by atoms with Crippen molar-refractivity contribution in [2.45, 2.75) is 101 Å². The van der Waals surface area contributed by atoms with Gasteiger partial charge in [0, 0.05) is 41.7 Å². The summed E-state index contributed by atoms with van der Waals surface area (Å²) in [6.45, 7) is 14.1. The molecule has 284 valence electrons. The average molecular weight is 775 g/mol. The number of fused-ring (bicyclic) bond motifs is 3. The van der Waals surface area contributed by atoms with E-state index in [0.29, 0.717) is 35.8 Å². The van der Waals surface area contributed by atoms with Crippen LogP contribution in [0.5, 0.6) is 5.75 Å². The predicted molar refractivity (Wildman–Crippen MR) is 218 cm³/mol. The number of halogens is 1. The Hall–Kier alpha value is -2.85. The van der Waals surface area contributed by atoms with Crippen molar-refractivity contribution in [2.75, 3.05) is 37.5 Å². The van der Waals surface area contributed by atoms with E-state index >= 15 is 0 Å². The Kier molecular flexibility index (Phi) is 11.4. The van der Waals surface area contributed by atoms with Gasteiger partial charge in [-0.25, -0.2) is 14.8 Å².